The van der Waals surface area contributed by atoms with Crippen LogP contribution < -0.4 is 4.90 Å². The van der Waals surface area contributed by atoms with Crippen LogP contribution in [0.3, 0.4) is 0 Å². The topological polar surface area (TPSA) is 23.6 Å². The van der Waals surface area contributed by atoms with E-state index < -0.39 is 0 Å². The van der Waals surface area contributed by atoms with Gasteiger partial charge in [-0.25, -0.2) is 4.39 Å². The lowest BCUT2D eigenvalue weighted by molar-refractivity contribution is -0.125. The number of benzene rings is 2. The zero-order valence-electron chi connectivity index (χ0n) is 12.9. The van der Waals surface area contributed by atoms with Gasteiger partial charge in [-0.05, 0) is 37.3 Å². The third kappa shape index (κ3) is 3.46. The fourth-order valence-corrected chi connectivity index (χ4v) is 3.12. The van der Waals surface area contributed by atoms with E-state index in [-0.39, 0.29) is 17.8 Å². The third-order valence-corrected chi connectivity index (χ3v) is 4.78. The van der Waals surface area contributed by atoms with Gasteiger partial charge in [-0.1, -0.05) is 34.1 Å². The number of anilines is 1. The highest BCUT2D eigenvalue weighted by atomic mass is 79.9. The van der Waals surface area contributed by atoms with E-state index in [1.807, 2.05) is 42.2 Å². The molecule has 1 fully saturated rings. The predicted octanol–water partition coefficient (Wildman–Crippen LogP) is 3.83. The lowest BCUT2D eigenvalue weighted by Gasteiger charge is -2.39. The van der Waals surface area contributed by atoms with Gasteiger partial charge in [-0.2, -0.15) is 0 Å². The summed E-state index contributed by atoms with van der Waals surface area (Å²) in [5, 5.41) is 0. The lowest BCUT2D eigenvalue weighted by atomic mass is 10.1. The molecular formula is C18H18BrFN2O. The summed E-state index contributed by atoms with van der Waals surface area (Å²) in [7, 11) is 0. The third-order valence-electron chi connectivity index (χ3n) is 4.25. The molecule has 0 bridgehead atoms. The minimum atomic E-state index is -0.271. The average Bonchev–Trinajstić information content (AvgIpc) is 2.55. The molecule has 0 spiro atoms. The zero-order valence-corrected chi connectivity index (χ0v) is 14.5. The standard InChI is InChI=1S/C18H18BrFN2O/c1-13-18(23)22(16-8-6-15(19)7-9-16)11-10-21(13)12-14-4-2-3-5-17(14)20/h2-9,13H,10-12H2,1H3/t13-/m0/s1. The van der Waals surface area contributed by atoms with E-state index in [0.717, 1.165) is 16.7 Å². The second-order valence-corrected chi connectivity index (χ2v) is 6.62. The zero-order chi connectivity index (χ0) is 16.4. The van der Waals surface area contributed by atoms with Crippen LogP contribution in [0.5, 0.6) is 0 Å². The first kappa shape index (κ1) is 16.1. The number of nitrogens with zero attached hydrogens (tertiary/aromatic N) is 2. The molecule has 3 rings (SSSR count). The predicted molar refractivity (Wildman–Crippen MR) is 92.8 cm³/mol. The second-order valence-electron chi connectivity index (χ2n) is 5.70. The van der Waals surface area contributed by atoms with Crippen molar-refractivity contribution in [3.63, 3.8) is 0 Å². The molecular weight excluding hydrogens is 359 g/mol. The van der Waals surface area contributed by atoms with Crippen LogP contribution in [0.4, 0.5) is 10.1 Å². The number of amides is 1. The molecule has 120 valence electrons. The molecule has 5 heteroatoms. The second kappa shape index (κ2) is 6.81. The first-order valence-electron chi connectivity index (χ1n) is 7.60. The van der Waals surface area contributed by atoms with Gasteiger partial charge >= 0.3 is 0 Å². The maximum absolute atomic E-state index is 13.8. The van der Waals surface area contributed by atoms with Crippen molar-refractivity contribution in [3.8, 4) is 0 Å². The molecule has 1 atom stereocenters. The van der Waals surface area contributed by atoms with Gasteiger partial charge in [0.05, 0.1) is 6.04 Å². The van der Waals surface area contributed by atoms with Gasteiger partial charge in [-0.3, -0.25) is 9.69 Å². The Morgan fingerprint density at radius 1 is 1.13 bits per heavy atom. The summed E-state index contributed by atoms with van der Waals surface area (Å²) in [5.41, 5.74) is 1.53. The summed E-state index contributed by atoms with van der Waals surface area (Å²) in [4.78, 5) is 16.5. The van der Waals surface area contributed by atoms with Gasteiger partial charge in [-0.15, -0.1) is 0 Å². The summed E-state index contributed by atoms with van der Waals surface area (Å²) in [6.45, 7) is 3.67. The van der Waals surface area contributed by atoms with Crippen molar-refractivity contribution in [1.82, 2.24) is 4.90 Å². The Hall–Kier alpha value is -1.72. The Morgan fingerprint density at radius 3 is 2.52 bits per heavy atom. The van der Waals surface area contributed by atoms with Gasteiger partial charge in [0, 0.05) is 35.4 Å². The molecule has 0 aliphatic carbocycles. The molecule has 0 unspecified atom stereocenters. The molecule has 23 heavy (non-hydrogen) atoms. The summed E-state index contributed by atoms with van der Waals surface area (Å²) >= 11 is 3.40. The van der Waals surface area contributed by atoms with E-state index in [2.05, 4.69) is 15.9 Å². The Balaban J connectivity index is 1.73. The highest BCUT2D eigenvalue weighted by molar-refractivity contribution is 9.10. The molecule has 1 aliphatic rings. The molecule has 3 nitrogen and oxygen atoms in total. The minimum Gasteiger partial charge on any atom is -0.310 e. The normalized spacial score (nSPS) is 19.2. The van der Waals surface area contributed by atoms with E-state index in [1.54, 1.807) is 17.0 Å². The Kier molecular flexibility index (Phi) is 4.78. The molecule has 1 aliphatic heterocycles. The molecule has 1 heterocycles. The quantitative estimate of drug-likeness (QED) is 0.812. The molecule has 1 amide bonds. The average molecular weight is 377 g/mol. The first-order chi connectivity index (χ1) is 11.1. The van der Waals surface area contributed by atoms with E-state index >= 15 is 0 Å². The van der Waals surface area contributed by atoms with E-state index in [1.165, 1.54) is 6.07 Å². The van der Waals surface area contributed by atoms with Gasteiger partial charge in [0.1, 0.15) is 5.82 Å². The van der Waals surface area contributed by atoms with Crippen LogP contribution in [0.2, 0.25) is 0 Å². The maximum atomic E-state index is 13.8. The van der Waals surface area contributed by atoms with Crippen LogP contribution >= 0.6 is 15.9 Å². The minimum absolute atomic E-state index is 0.0508. The summed E-state index contributed by atoms with van der Waals surface area (Å²) in [6, 6.07) is 14.2. The van der Waals surface area contributed by atoms with Crippen molar-refractivity contribution in [2.24, 2.45) is 0 Å². The highest BCUT2D eigenvalue weighted by Crippen LogP contribution is 2.24. The number of halogens is 2. The van der Waals surface area contributed by atoms with E-state index in [0.29, 0.717) is 18.7 Å². The maximum Gasteiger partial charge on any atom is 0.244 e. The number of piperazine rings is 1. The van der Waals surface area contributed by atoms with Crippen molar-refractivity contribution < 1.29 is 9.18 Å². The summed E-state index contributed by atoms with van der Waals surface area (Å²) < 4.78 is 14.8. The van der Waals surface area contributed by atoms with Crippen LogP contribution in [0.1, 0.15) is 12.5 Å². The van der Waals surface area contributed by atoms with Crippen LogP contribution in [0.25, 0.3) is 0 Å². The lowest BCUT2D eigenvalue weighted by Crippen LogP contribution is -2.55. The SMILES string of the molecule is C[C@H]1C(=O)N(c2ccc(Br)cc2)CCN1Cc1ccccc1F. The number of carbonyl (C=O) groups is 1. The Bertz CT molecular complexity index is 704. The summed E-state index contributed by atoms with van der Waals surface area (Å²) in [5.74, 6) is -0.169. The van der Waals surface area contributed by atoms with Crippen molar-refractivity contribution in [3.05, 3.63) is 64.4 Å². The molecule has 2 aromatic carbocycles. The largest absolute Gasteiger partial charge is 0.310 e. The molecule has 0 N–H and O–H groups in total. The number of carbonyl (C=O) groups excluding carboxylic acids is 1. The molecule has 0 saturated carbocycles. The van der Waals surface area contributed by atoms with Crippen LogP contribution in [0, 0.1) is 5.82 Å². The van der Waals surface area contributed by atoms with Crippen molar-refractivity contribution in [1.29, 1.82) is 0 Å². The molecule has 0 radical (unpaired) electrons. The number of rotatable bonds is 3. The van der Waals surface area contributed by atoms with Crippen LogP contribution in [-0.2, 0) is 11.3 Å². The van der Waals surface area contributed by atoms with Gasteiger partial charge in [0.25, 0.3) is 0 Å². The Labute approximate surface area is 143 Å². The monoisotopic (exact) mass is 376 g/mol. The Morgan fingerprint density at radius 2 is 1.83 bits per heavy atom. The smallest absolute Gasteiger partial charge is 0.244 e. The number of hydrogen-bond donors (Lipinski definition) is 0. The molecule has 1 saturated heterocycles. The first-order valence-corrected chi connectivity index (χ1v) is 8.40. The van der Waals surface area contributed by atoms with Gasteiger partial charge < -0.3 is 4.90 Å². The van der Waals surface area contributed by atoms with E-state index in [4.69, 9.17) is 0 Å². The molecule has 2 aromatic rings. The van der Waals surface area contributed by atoms with Gasteiger partial charge in [0.2, 0.25) is 5.91 Å². The fraction of sp³-hybridized carbons (Fsp3) is 0.278. The van der Waals surface area contributed by atoms with Crippen LogP contribution in [0.15, 0.2) is 53.0 Å². The highest BCUT2D eigenvalue weighted by Gasteiger charge is 2.32. The van der Waals surface area contributed by atoms with Crippen molar-refractivity contribution in [2.45, 2.75) is 19.5 Å². The van der Waals surface area contributed by atoms with E-state index in [9.17, 15) is 9.18 Å². The number of hydrogen-bond acceptors (Lipinski definition) is 2. The van der Waals surface area contributed by atoms with Crippen molar-refractivity contribution >= 4 is 27.5 Å². The van der Waals surface area contributed by atoms with Crippen molar-refractivity contribution in [2.75, 3.05) is 18.0 Å². The summed E-state index contributed by atoms with van der Waals surface area (Å²) in [6.07, 6.45) is 0. The van der Waals surface area contributed by atoms with Gasteiger partial charge in [0.15, 0.2) is 0 Å². The molecule has 0 aromatic heterocycles. The fourth-order valence-electron chi connectivity index (χ4n) is 2.85. The van der Waals surface area contributed by atoms with Crippen LogP contribution in [-0.4, -0.2) is 29.9 Å².